The molecule has 0 aromatic heterocycles. The van der Waals surface area contributed by atoms with Crippen LogP contribution in [0, 0.1) is 13.8 Å². The van der Waals surface area contributed by atoms with E-state index in [1.165, 1.54) is 11.4 Å². The maximum absolute atomic E-state index is 13.2. The normalized spacial score (nSPS) is 13.8. The number of hydrogen-bond donors (Lipinski definition) is 0. The quantitative estimate of drug-likeness (QED) is 0.853. The molecule has 0 unspecified atom stereocenters. The molecule has 0 aliphatic carbocycles. The second-order valence-corrected chi connectivity index (χ2v) is 7.74. The van der Waals surface area contributed by atoms with E-state index in [2.05, 4.69) is 0 Å². The van der Waals surface area contributed by atoms with Gasteiger partial charge in [-0.3, -0.25) is 4.31 Å². The van der Waals surface area contributed by atoms with Gasteiger partial charge < -0.3 is 9.47 Å². The van der Waals surface area contributed by atoms with Crippen LogP contribution >= 0.6 is 0 Å². The minimum atomic E-state index is -3.69. The van der Waals surface area contributed by atoms with Crippen molar-refractivity contribution in [3.05, 3.63) is 47.0 Å². The molecule has 0 fully saturated rings. The zero-order valence-electron chi connectivity index (χ0n) is 14.3. The van der Waals surface area contributed by atoms with Gasteiger partial charge in [-0.2, -0.15) is 0 Å². The highest BCUT2D eigenvalue weighted by atomic mass is 32.2. The van der Waals surface area contributed by atoms with Crippen molar-refractivity contribution in [3.63, 3.8) is 0 Å². The van der Waals surface area contributed by atoms with E-state index in [1.54, 1.807) is 31.4 Å². The van der Waals surface area contributed by atoms with Gasteiger partial charge in [0, 0.05) is 6.54 Å². The van der Waals surface area contributed by atoms with Crippen LogP contribution in [-0.2, 0) is 16.4 Å². The SMILES string of the molecule is COc1ccc2c(c1)CCN2S(=O)(=O)c1cc(C)c(C)cc1OC. The molecule has 1 heterocycles. The Labute approximate surface area is 142 Å². The van der Waals surface area contributed by atoms with Crippen LogP contribution in [0.5, 0.6) is 11.5 Å². The number of nitrogens with zero attached hydrogens (tertiary/aromatic N) is 1. The molecule has 2 aromatic carbocycles. The first kappa shape index (κ1) is 16.6. The minimum Gasteiger partial charge on any atom is -0.497 e. The number of ether oxygens (including phenoxy) is 2. The number of hydrogen-bond acceptors (Lipinski definition) is 4. The van der Waals surface area contributed by atoms with Crippen molar-refractivity contribution >= 4 is 15.7 Å². The Morgan fingerprint density at radius 2 is 1.71 bits per heavy atom. The highest BCUT2D eigenvalue weighted by Gasteiger charge is 2.33. The fraction of sp³-hybridized carbons (Fsp3) is 0.333. The zero-order chi connectivity index (χ0) is 17.5. The fourth-order valence-electron chi connectivity index (χ4n) is 2.97. The van der Waals surface area contributed by atoms with Gasteiger partial charge >= 0.3 is 0 Å². The lowest BCUT2D eigenvalue weighted by Crippen LogP contribution is -2.29. The van der Waals surface area contributed by atoms with Gasteiger partial charge in [-0.25, -0.2) is 8.42 Å². The largest absolute Gasteiger partial charge is 0.497 e. The first-order chi connectivity index (χ1) is 11.4. The van der Waals surface area contributed by atoms with E-state index < -0.39 is 10.0 Å². The average Bonchev–Trinajstić information content (AvgIpc) is 3.00. The number of anilines is 1. The molecule has 0 atom stereocenters. The van der Waals surface area contributed by atoms with E-state index in [0.717, 1.165) is 22.4 Å². The highest BCUT2D eigenvalue weighted by molar-refractivity contribution is 7.93. The molecule has 1 aliphatic rings. The van der Waals surface area contributed by atoms with E-state index in [0.29, 0.717) is 24.4 Å². The number of rotatable bonds is 4. The number of benzene rings is 2. The van der Waals surface area contributed by atoms with Gasteiger partial charge in [0.1, 0.15) is 16.4 Å². The molecule has 2 aromatic rings. The summed E-state index contributed by atoms with van der Waals surface area (Å²) in [4.78, 5) is 0.205. The Hall–Kier alpha value is -2.21. The summed E-state index contributed by atoms with van der Waals surface area (Å²) in [5.74, 6) is 1.11. The van der Waals surface area contributed by atoms with Crippen LogP contribution in [-0.4, -0.2) is 29.2 Å². The Kier molecular flexibility index (Phi) is 4.17. The van der Waals surface area contributed by atoms with Crippen LogP contribution in [0.3, 0.4) is 0 Å². The third kappa shape index (κ3) is 2.60. The van der Waals surface area contributed by atoms with E-state index >= 15 is 0 Å². The standard InChI is InChI=1S/C18H21NO4S/c1-12-9-17(23-4)18(10-13(12)2)24(20,21)19-8-7-14-11-15(22-3)5-6-16(14)19/h5-6,9-11H,7-8H2,1-4H3. The van der Waals surface area contributed by atoms with Crippen LogP contribution in [0.4, 0.5) is 5.69 Å². The van der Waals surface area contributed by atoms with Crippen LogP contribution in [0.2, 0.25) is 0 Å². The van der Waals surface area contributed by atoms with Crippen molar-refractivity contribution in [1.82, 2.24) is 0 Å². The van der Waals surface area contributed by atoms with Crippen LogP contribution in [0.15, 0.2) is 35.2 Å². The first-order valence-corrected chi connectivity index (χ1v) is 9.17. The maximum Gasteiger partial charge on any atom is 0.268 e. The Morgan fingerprint density at radius 3 is 2.38 bits per heavy atom. The van der Waals surface area contributed by atoms with E-state index in [4.69, 9.17) is 9.47 Å². The summed E-state index contributed by atoms with van der Waals surface area (Å²) >= 11 is 0. The van der Waals surface area contributed by atoms with Gasteiger partial charge in [0.2, 0.25) is 0 Å². The minimum absolute atomic E-state index is 0.205. The van der Waals surface area contributed by atoms with Crippen molar-refractivity contribution in [2.45, 2.75) is 25.2 Å². The smallest absolute Gasteiger partial charge is 0.268 e. The van der Waals surface area contributed by atoms with E-state index in [1.807, 2.05) is 19.9 Å². The molecular formula is C18H21NO4S. The molecule has 0 spiro atoms. The van der Waals surface area contributed by atoms with Gasteiger partial charge in [0.05, 0.1) is 19.9 Å². The zero-order valence-corrected chi connectivity index (χ0v) is 15.1. The number of sulfonamides is 1. The van der Waals surface area contributed by atoms with Crippen LogP contribution < -0.4 is 13.8 Å². The molecule has 5 nitrogen and oxygen atoms in total. The summed E-state index contributed by atoms with van der Waals surface area (Å²) in [6, 6.07) is 8.93. The molecule has 24 heavy (non-hydrogen) atoms. The molecular weight excluding hydrogens is 326 g/mol. The summed E-state index contributed by atoms with van der Waals surface area (Å²) in [5, 5.41) is 0. The second-order valence-electron chi connectivity index (χ2n) is 5.91. The van der Waals surface area contributed by atoms with E-state index in [-0.39, 0.29) is 4.90 Å². The van der Waals surface area contributed by atoms with Gasteiger partial charge in [0.15, 0.2) is 0 Å². The van der Waals surface area contributed by atoms with Gasteiger partial charge in [0.25, 0.3) is 10.0 Å². The van der Waals surface area contributed by atoms with Crippen molar-refractivity contribution in [2.24, 2.45) is 0 Å². The Balaban J connectivity index is 2.10. The van der Waals surface area contributed by atoms with Gasteiger partial charge in [-0.1, -0.05) is 0 Å². The predicted molar refractivity (Wildman–Crippen MR) is 93.7 cm³/mol. The fourth-order valence-corrected chi connectivity index (χ4v) is 4.70. The monoisotopic (exact) mass is 347 g/mol. The van der Waals surface area contributed by atoms with Gasteiger partial charge in [-0.05, 0) is 67.3 Å². The van der Waals surface area contributed by atoms with Crippen molar-refractivity contribution < 1.29 is 17.9 Å². The third-order valence-electron chi connectivity index (χ3n) is 4.49. The maximum atomic E-state index is 13.2. The summed E-state index contributed by atoms with van der Waals surface area (Å²) in [6.45, 7) is 4.25. The predicted octanol–water partition coefficient (Wildman–Crippen LogP) is 3.07. The van der Waals surface area contributed by atoms with Crippen LogP contribution in [0.1, 0.15) is 16.7 Å². The van der Waals surface area contributed by atoms with Crippen LogP contribution in [0.25, 0.3) is 0 Å². The summed E-state index contributed by atoms with van der Waals surface area (Å²) in [5.41, 5.74) is 3.60. The number of methoxy groups -OCH3 is 2. The van der Waals surface area contributed by atoms with Crippen molar-refractivity contribution in [2.75, 3.05) is 25.1 Å². The lowest BCUT2D eigenvalue weighted by Gasteiger charge is -2.22. The van der Waals surface area contributed by atoms with Crippen molar-refractivity contribution in [3.8, 4) is 11.5 Å². The molecule has 0 bridgehead atoms. The van der Waals surface area contributed by atoms with Gasteiger partial charge in [-0.15, -0.1) is 0 Å². The summed E-state index contributed by atoms with van der Waals surface area (Å²) in [6.07, 6.45) is 0.666. The molecule has 0 saturated carbocycles. The number of aryl methyl sites for hydroxylation is 2. The molecule has 0 radical (unpaired) electrons. The molecule has 3 rings (SSSR count). The molecule has 1 aliphatic heterocycles. The average molecular weight is 347 g/mol. The summed E-state index contributed by atoms with van der Waals surface area (Å²) < 4.78 is 38.4. The number of fused-ring (bicyclic) bond motifs is 1. The molecule has 0 amide bonds. The Bertz CT molecular complexity index is 890. The lowest BCUT2D eigenvalue weighted by atomic mass is 10.1. The lowest BCUT2D eigenvalue weighted by molar-refractivity contribution is 0.402. The molecule has 6 heteroatoms. The second kappa shape index (κ2) is 6.02. The topological polar surface area (TPSA) is 55.8 Å². The Morgan fingerprint density at radius 1 is 1.00 bits per heavy atom. The third-order valence-corrected chi connectivity index (χ3v) is 6.32. The highest BCUT2D eigenvalue weighted by Crippen LogP contribution is 2.38. The van der Waals surface area contributed by atoms with E-state index in [9.17, 15) is 8.42 Å². The molecule has 128 valence electrons. The summed E-state index contributed by atoms with van der Waals surface area (Å²) in [7, 11) is -0.592. The first-order valence-electron chi connectivity index (χ1n) is 7.73. The van der Waals surface area contributed by atoms with Crippen molar-refractivity contribution in [1.29, 1.82) is 0 Å². The molecule has 0 N–H and O–H groups in total. The molecule has 0 saturated heterocycles.